The molecular formula is C18H40P2. The van der Waals surface area contributed by atoms with Crippen LogP contribution in [0.25, 0.3) is 0 Å². The van der Waals surface area contributed by atoms with Gasteiger partial charge in [0.1, 0.15) is 0 Å². The highest BCUT2D eigenvalue weighted by Gasteiger charge is 2.17. The minimum atomic E-state index is 0.271. The van der Waals surface area contributed by atoms with Crippen molar-refractivity contribution in [3.8, 4) is 0 Å². The highest BCUT2D eigenvalue weighted by Crippen LogP contribution is 2.47. The zero-order chi connectivity index (χ0) is 15.7. The summed E-state index contributed by atoms with van der Waals surface area (Å²) in [5.41, 5.74) is 3.67. The number of unbranched alkanes of at least 4 members (excludes halogenated alkanes) is 3. The molecule has 0 rings (SSSR count). The Labute approximate surface area is 132 Å². The smallest absolute Gasteiger partial charge is 0.0264 e. The molecule has 0 aromatic heterocycles. The first-order valence-corrected chi connectivity index (χ1v) is 12.1. The lowest BCUT2D eigenvalue weighted by Crippen LogP contribution is -2.07. The second-order valence-electron chi connectivity index (χ2n) is 7.26. The van der Waals surface area contributed by atoms with E-state index >= 15 is 0 Å². The predicted octanol–water partition coefficient (Wildman–Crippen LogP) is 7.14. The molecule has 0 fully saturated rings. The third kappa shape index (κ3) is 9.00. The molecule has 0 aromatic rings. The molecule has 0 nitrogen and oxygen atoms in total. The molecule has 0 saturated heterocycles. The summed E-state index contributed by atoms with van der Waals surface area (Å²) in [5, 5.41) is 0. The third-order valence-corrected chi connectivity index (χ3v) is 11.2. The van der Waals surface area contributed by atoms with E-state index in [0.29, 0.717) is 0 Å². The Bertz CT molecular complexity index is 181. The molecule has 2 heteroatoms. The second-order valence-corrected chi connectivity index (χ2v) is 14.3. The van der Waals surface area contributed by atoms with E-state index in [1.54, 1.807) is 0 Å². The normalized spacial score (nSPS) is 12.9. The minimum Gasteiger partial charge on any atom is -0.101 e. The summed E-state index contributed by atoms with van der Waals surface area (Å²) in [6, 6.07) is 0. The summed E-state index contributed by atoms with van der Waals surface area (Å²) in [5.74, 6) is 0. The van der Waals surface area contributed by atoms with E-state index in [4.69, 9.17) is 0 Å². The fraction of sp³-hybridized carbons (Fsp3) is 1.00. The average Bonchev–Trinajstić information content (AvgIpc) is 2.30. The van der Waals surface area contributed by atoms with Crippen molar-refractivity contribution >= 4 is 15.8 Å². The number of hydrogen-bond donors (Lipinski definition) is 0. The molecule has 0 spiro atoms. The Morgan fingerprint density at radius 3 is 0.900 bits per heavy atom. The van der Waals surface area contributed by atoms with E-state index < -0.39 is 0 Å². The molecule has 0 aliphatic carbocycles. The van der Waals surface area contributed by atoms with Crippen LogP contribution in [0.5, 0.6) is 0 Å². The van der Waals surface area contributed by atoms with Gasteiger partial charge >= 0.3 is 0 Å². The van der Waals surface area contributed by atoms with Crippen molar-refractivity contribution < 1.29 is 0 Å². The Balaban J connectivity index is 3.76. The molecule has 0 bridgehead atoms. The molecule has 0 radical (unpaired) electrons. The maximum atomic E-state index is 2.42. The van der Waals surface area contributed by atoms with Gasteiger partial charge < -0.3 is 0 Å². The van der Waals surface area contributed by atoms with Gasteiger partial charge in [-0.25, -0.2) is 0 Å². The maximum Gasteiger partial charge on any atom is -0.0264 e. The molecule has 0 saturated carbocycles. The second kappa shape index (κ2) is 11.4. The van der Waals surface area contributed by atoms with Gasteiger partial charge in [0, 0.05) is 0 Å². The molecule has 0 aliphatic rings. The van der Waals surface area contributed by atoms with Crippen molar-refractivity contribution in [2.75, 3.05) is 12.3 Å². The molecule has 0 atom stereocenters. The lowest BCUT2D eigenvalue weighted by Gasteiger charge is -2.26. The summed E-state index contributed by atoms with van der Waals surface area (Å²) in [6.07, 6.45) is 8.91. The molecule has 20 heavy (non-hydrogen) atoms. The van der Waals surface area contributed by atoms with Crippen LogP contribution < -0.4 is 0 Å². The first-order chi connectivity index (χ1) is 9.27. The van der Waals surface area contributed by atoms with Crippen molar-refractivity contribution in [2.45, 2.75) is 104 Å². The van der Waals surface area contributed by atoms with Crippen molar-refractivity contribution in [3.05, 3.63) is 0 Å². The van der Waals surface area contributed by atoms with Crippen LogP contribution in [0.4, 0.5) is 0 Å². The van der Waals surface area contributed by atoms with Gasteiger partial charge in [0.05, 0.1) is 0 Å². The maximum absolute atomic E-state index is 2.42. The van der Waals surface area contributed by atoms with E-state index in [1.165, 1.54) is 38.0 Å². The zero-order valence-electron chi connectivity index (χ0n) is 15.4. The van der Waals surface area contributed by atoms with Gasteiger partial charge in [-0.2, -0.15) is 0 Å². The van der Waals surface area contributed by atoms with E-state index in [-0.39, 0.29) is 15.8 Å². The topological polar surface area (TPSA) is 0 Å². The zero-order valence-corrected chi connectivity index (χ0v) is 17.2. The quantitative estimate of drug-likeness (QED) is 0.280. The Morgan fingerprint density at radius 1 is 0.450 bits per heavy atom. The van der Waals surface area contributed by atoms with Crippen molar-refractivity contribution in [2.24, 2.45) is 0 Å². The van der Waals surface area contributed by atoms with E-state index in [2.05, 4.69) is 55.4 Å². The van der Waals surface area contributed by atoms with Crippen LogP contribution in [0.3, 0.4) is 0 Å². The lowest BCUT2D eigenvalue weighted by molar-refractivity contribution is 0.702. The summed E-state index contributed by atoms with van der Waals surface area (Å²) in [4.78, 5) is 0. The molecule has 0 unspecified atom stereocenters. The number of hydrogen-bond acceptors (Lipinski definition) is 0. The van der Waals surface area contributed by atoms with Gasteiger partial charge in [-0.1, -0.05) is 68.2 Å². The molecule has 0 amide bonds. The van der Waals surface area contributed by atoms with E-state index in [9.17, 15) is 0 Å². The molecule has 0 aromatic carbocycles. The van der Waals surface area contributed by atoms with Crippen molar-refractivity contribution in [1.82, 2.24) is 0 Å². The van der Waals surface area contributed by atoms with Gasteiger partial charge in [0.25, 0.3) is 0 Å². The highest BCUT2D eigenvalue weighted by atomic mass is 31.1. The van der Waals surface area contributed by atoms with Crippen LogP contribution in [0, 0.1) is 0 Å². The Hall–Kier alpha value is 0.860. The summed E-state index contributed by atoms with van der Waals surface area (Å²) in [7, 11) is 0.543. The summed E-state index contributed by atoms with van der Waals surface area (Å²) < 4.78 is 0. The summed E-state index contributed by atoms with van der Waals surface area (Å²) >= 11 is 0. The monoisotopic (exact) mass is 318 g/mol. The molecule has 0 heterocycles. The van der Waals surface area contributed by atoms with Crippen molar-refractivity contribution in [3.63, 3.8) is 0 Å². The predicted molar refractivity (Wildman–Crippen MR) is 103 cm³/mol. The van der Waals surface area contributed by atoms with Crippen LogP contribution in [-0.4, -0.2) is 35.0 Å². The standard InChI is InChI=1S/C18H40P2/c1-15(2)19(16(3)4)13-11-9-10-12-14-20(17(5)6)18(7)8/h15-18H,9-14H2,1-8H3. The number of rotatable bonds is 11. The molecule has 0 N–H and O–H groups in total. The van der Waals surface area contributed by atoms with Crippen LogP contribution in [0.15, 0.2) is 0 Å². The average molecular weight is 318 g/mol. The van der Waals surface area contributed by atoms with Crippen LogP contribution in [0.1, 0.15) is 81.1 Å². The lowest BCUT2D eigenvalue weighted by atomic mass is 10.2. The van der Waals surface area contributed by atoms with Crippen molar-refractivity contribution in [1.29, 1.82) is 0 Å². The minimum absolute atomic E-state index is 0.271. The highest BCUT2D eigenvalue weighted by molar-refractivity contribution is 7.59. The van der Waals surface area contributed by atoms with Crippen LogP contribution in [-0.2, 0) is 0 Å². The van der Waals surface area contributed by atoms with E-state index in [1.807, 2.05) is 0 Å². The van der Waals surface area contributed by atoms with Gasteiger partial charge in [0.2, 0.25) is 0 Å². The third-order valence-electron chi connectivity index (χ3n) is 4.24. The summed E-state index contributed by atoms with van der Waals surface area (Å²) in [6.45, 7) is 19.4. The SMILES string of the molecule is CC(C)P(CCCCCCP(C(C)C)C(C)C)C(C)C. The Morgan fingerprint density at radius 2 is 0.700 bits per heavy atom. The van der Waals surface area contributed by atoms with Crippen LogP contribution in [0.2, 0.25) is 0 Å². The first-order valence-electron chi connectivity index (χ1n) is 8.78. The van der Waals surface area contributed by atoms with Gasteiger partial charge in [-0.3, -0.25) is 0 Å². The van der Waals surface area contributed by atoms with Gasteiger partial charge in [-0.05, 0) is 47.8 Å². The fourth-order valence-electron chi connectivity index (χ4n) is 3.17. The first kappa shape index (κ1) is 20.9. The molecular weight excluding hydrogens is 278 g/mol. The van der Waals surface area contributed by atoms with E-state index in [0.717, 1.165) is 22.6 Å². The Kier molecular flexibility index (Phi) is 11.9. The van der Waals surface area contributed by atoms with Gasteiger partial charge in [-0.15, -0.1) is 15.8 Å². The molecule has 122 valence electrons. The fourth-order valence-corrected chi connectivity index (χ4v) is 8.80. The van der Waals surface area contributed by atoms with Crippen LogP contribution >= 0.6 is 15.8 Å². The molecule has 0 aliphatic heterocycles. The largest absolute Gasteiger partial charge is 0.101 e. The van der Waals surface area contributed by atoms with Gasteiger partial charge in [0.15, 0.2) is 0 Å².